The molecule has 2 aromatic carbocycles. The highest BCUT2D eigenvalue weighted by molar-refractivity contribution is 6.31. The summed E-state index contributed by atoms with van der Waals surface area (Å²) in [7, 11) is 0. The summed E-state index contributed by atoms with van der Waals surface area (Å²) in [5.41, 5.74) is 8.81. The summed E-state index contributed by atoms with van der Waals surface area (Å²) in [5, 5.41) is 9.55. The fourth-order valence-corrected chi connectivity index (χ4v) is 3.63. The number of nitrogens with zero attached hydrogens (tertiary/aromatic N) is 4. The summed E-state index contributed by atoms with van der Waals surface area (Å²) in [4.78, 5) is 6.47. The number of piperidine rings is 1. The van der Waals surface area contributed by atoms with Crippen LogP contribution in [0.1, 0.15) is 17.5 Å². The van der Waals surface area contributed by atoms with Crippen LogP contribution in [-0.2, 0) is 6.54 Å². The maximum Gasteiger partial charge on any atom is 0.266 e. The molecule has 144 valence electrons. The standard InChI is InChI=1S/C20H18ClF2N5/c21-15-5-6-16-17(9-15)28(11-14-3-1-13(10-24)2-4-14)19(26-16)27-8-7-20(22,23)18(25)12-27/h1-6,9,18H,7-8,11-12,25H2. The number of benzene rings is 2. The van der Waals surface area contributed by atoms with Gasteiger partial charge in [0.15, 0.2) is 0 Å². The third-order valence-electron chi connectivity index (χ3n) is 5.07. The van der Waals surface area contributed by atoms with Crippen LogP contribution in [0.15, 0.2) is 42.5 Å². The molecule has 1 unspecified atom stereocenters. The summed E-state index contributed by atoms with van der Waals surface area (Å²) < 4.78 is 29.6. The Labute approximate surface area is 165 Å². The zero-order valence-corrected chi connectivity index (χ0v) is 15.7. The van der Waals surface area contributed by atoms with Crippen molar-refractivity contribution in [3.8, 4) is 6.07 Å². The minimum Gasteiger partial charge on any atom is -0.340 e. The lowest BCUT2D eigenvalue weighted by Crippen LogP contribution is -2.55. The van der Waals surface area contributed by atoms with Crippen molar-refractivity contribution in [3.63, 3.8) is 0 Å². The fraction of sp³-hybridized carbons (Fsp3) is 0.300. The SMILES string of the molecule is N#Cc1ccc(Cn2c(N3CCC(F)(F)C(N)C3)nc3ccc(Cl)cc32)cc1. The van der Waals surface area contributed by atoms with E-state index in [9.17, 15) is 8.78 Å². The van der Waals surface area contributed by atoms with Crippen LogP contribution in [0.3, 0.4) is 0 Å². The van der Waals surface area contributed by atoms with E-state index in [0.717, 1.165) is 16.6 Å². The first kappa shape index (κ1) is 18.7. The molecule has 1 aliphatic heterocycles. The van der Waals surface area contributed by atoms with E-state index in [4.69, 9.17) is 22.6 Å². The topological polar surface area (TPSA) is 70.9 Å². The Balaban J connectivity index is 1.75. The van der Waals surface area contributed by atoms with Gasteiger partial charge in [-0.05, 0) is 35.9 Å². The quantitative estimate of drug-likeness (QED) is 0.725. The summed E-state index contributed by atoms with van der Waals surface area (Å²) in [6, 6.07) is 13.5. The Bertz CT molecular complexity index is 1050. The van der Waals surface area contributed by atoms with Gasteiger partial charge in [0.25, 0.3) is 5.92 Å². The van der Waals surface area contributed by atoms with Crippen molar-refractivity contribution in [2.45, 2.75) is 24.9 Å². The zero-order valence-electron chi connectivity index (χ0n) is 14.9. The van der Waals surface area contributed by atoms with Crippen LogP contribution in [0.2, 0.25) is 5.02 Å². The third-order valence-corrected chi connectivity index (χ3v) is 5.31. The van der Waals surface area contributed by atoms with Crippen molar-refractivity contribution in [1.82, 2.24) is 9.55 Å². The predicted molar refractivity (Wildman–Crippen MR) is 105 cm³/mol. The maximum absolute atomic E-state index is 13.8. The lowest BCUT2D eigenvalue weighted by molar-refractivity contribution is -0.0395. The molecule has 1 saturated heterocycles. The van der Waals surface area contributed by atoms with E-state index in [1.165, 1.54) is 0 Å². The van der Waals surface area contributed by atoms with Gasteiger partial charge >= 0.3 is 0 Å². The highest BCUT2D eigenvalue weighted by atomic mass is 35.5. The molecule has 4 rings (SSSR count). The van der Waals surface area contributed by atoms with Crippen LogP contribution >= 0.6 is 11.6 Å². The minimum atomic E-state index is -2.87. The molecule has 8 heteroatoms. The predicted octanol–water partition coefficient (Wildman–Crippen LogP) is 3.78. The van der Waals surface area contributed by atoms with Crippen LogP contribution in [-0.4, -0.2) is 34.6 Å². The first-order valence-electron chi connectivity index (χ1n) is 8.90. The minimum absolute atomic E-state index is 0.0252. The van der Waals surface area contributed by atoms with E-state index in [2.05, 4.69) is 11.1 Å². The van der Waals surface area contributed by atoms with Crippen molar-refractivity contribution < 1.29 is 8.78 Å². The largest absolute Gasteiger partial charge is 0.340 e. The van der Waals surface area contributed by atoms with Gasteiger partial charge in [0.05, 0.1) is 35.3 Å². The van der Waals surface area contributed by atoms with Crippen LogP contribution in [0.4, 0.5) is 14.7 Å². The molecule has 0 aliphatic carbocycles. The second-order valence-corrected chi connectivity index (χ2v) is 7.44. The van der Waals surface area contributed by atoms with Crippen molar-refractivity contribution >= 4 is 28.6 Å². The lowest BCUT2D eigenvalue weighted by Gasteiger charge is -2.37. The number of hydrogen-bond acceptors (Lipinski definition) is 4. The van der Waals surface area contributed by atoms with Gasteiger partial charge in [0, 0.05) is 24.5 Å². The van der Waals surface area contributed by atoms with Crippen LogP contribution in [0.25, 0.3) is 11.0 Å². The number of fused-ring (bicyclic) bond motifs is 1. The number of nitriles is 1. The van der Waals surface area contributed by atoms with E-state index < -0.39 is 12.0 Å². The third kappa shape index (κ3) is 3.41. The number of aromatic nitrogens is 2. The number of anilines is 1. The van der Waals surface area contributed by atoms with Gasteiger partial charge in [-0.1, -0.05) is 23.7 Å². The molecule has 0 spiro atoms. The molecule has 2 heterocycles. The molecule has 0 radical (unpaired) electrons. The Morgan fingerprint density at radius 3 is 2.68 bits per heavy atom. The van der Waals surface area contributed by atoms with E-state index in [-0.39, 0.29) is 19.5 Å². The Morgan fingerprint density at radius 1 is 1.25 bits per heavy atom. The molecule has 1 aliphatic rings. The Morgan fingerprint density at radius 2 is 2.00 bits per heavy atom. The molecular formula is C20H18ClF2N5. The molecule has 1 fully saturated rings. The van der Waals surface area contributed by atoms with Gasteiger partial charge in [0.2, 0.25) is 5.95 Å². The highest BCUT2D eigenvalue weighted by Gasteiger charge is 2.42. The van der Waals surface area contributed by atoms with Crippen molar-refractivity contribution in [3.05, 3.63) is 58.6 Å². The number of halogens is 3. The number of imidazole rings is 1. The monoisotopic (exact) mass is 401 g/mol. The average Bonchev–Trinajstić information content (AvgIpc) is 3.02. The number of rotatable bonds is 3. The Hall–Kier alpha value is -2.69. The molecule has 0 bridgehead atoms. The van der Waals surface area contributed by atoms with E-state index in [1.54, 1.807) is 23.1 Å². The first-order chi connectivity index (χ1) is 13.4. The highest BCUT2D eigenvalue weighted by Crippen LogP contribution is 2.32. The van der Waals surface area contributed by atoms with E-state index in [0.29, 0.717) is 23.1 Å². The smallest absolute Gasteiger partial charge is 0.266 e. The molecule has 0 amide bonds. The molecule has 28 heavy (non-hydrogen) atoms. The van der Waals surface area contributed by atoms with Gasteiger partial charge in [-0.15, -0.1) is 0 Å². The molecule has 2 N–H and O–H groups in total. The van der Waals surface area contributed by atoms with E-state index >= 15 is 0 Å². The second kappa shape index (κ2) is 7.04. The molecule has 5 nitrogen and oxygen atoms in total. The summed E-state index contributed by atoms with van der Waals surface area (Å²) >= 11 is 6.18. The summed E-state index contributed by atoms with van der Waals surface area (Å²) in [6.45, 7) is 0.669. The van der Waals surface area contributed by atoms with Gasteiger partial charge in [-0.25, -0.2) is 13.8 Å². The maximum atomic E-state index is 13.8. The van der Waals surface area contributed by atoms with Gasteiger partial charge in [0.1, 0.15) is 0 Å². The molecule has 1 atom stereocenters. The van der Waals surface area contributed by atoms with Gasteiger partial charge in [-0.3, -0.25) is 0 Å². The van der Waals surface area contributed by atoms with Gasteiger partial charge < -0.3 is 15.2 Å². The van der Waals surface area contributed by atoms with Crippen LogP contribution < -0.4 is 10.6 Å². The Kier molecular flexibility index (Phi) is 4.69. The van der Waals surface area contributed by atoms with Crippen molar-refractivity contribution in [2.75, 3.05) is 18.0 Å². The average molecular weight is 402 g/mol. The normalized spacial score (nSPS) is 19.0. The summed E-state index contributed by atoms with van der Waals surface area (Å²) in [5.74, 6) is -2.28. The molecular weight excluding hydrogens is 384 g/mol. The van der Waals surface area contributed by atoms with Crippen LogP contribution in [0.5, 0.6) is 0 Å². The first-order valence-corrected chi connectivity index (χ1v) is 9.28. The second-order valence-electron chi connectivity index (χ2n) is 7.00. The number of nitrogens with two attached hydrogens (primary N) is 1. The van der Waals surface area contributed by atoms with Crippen LogP contribution in [0, 0.1) is 11.3 Å². The number of alkyl halides is 2. The molecule has 0 saturated carbocycles. The van der Waals surface area contributed by atoms with Gasteiger partial charge in [-0.2, -0.15) is 5.26 Å². The van der Waals surface area contributed by atoms with Crippen molar-refractivity contribution in [1.29, 1.82) is 5.26 Å². The lowest BCUT2D eigenvalue weighted by atomic mass is 10.0. The van der Waals surface area contributed by atoms with Crippen molar-refractivity contribution in [2.24, 2.45) is 5.73 Å². The molecule has 1 aromatic heterocycles. The summed E-state index contributed by atoms with van der Waals surface area (Å²) in [6.07, 6.45) is -0.311. The molecule has 3 aromatic rings. The number of hydrogen-bond donors (Lipinski definition) is 1. The van der Waals surface area contributed by atoms with E-state index in [1.807, 2.05) is 28.8 Å². The fourth-order valence-electron chi connectivity index (χ4n) is 3.46. The zero-order chi connectivity index (χ0) is 19.9.